The maximum Gasteiger partial charge on any atom is 0.246 e. The van der Waals surface area contributed by atoms with Crippen molar-refractivity contribution in [1.82, 2.24) is 9.88 Å². The molecular formula is C24H23Cl2N3O2. The number of ether oxygens (including phenoxy) is 1. The number of carbonyl (C=O) groups is 1. The number of pyridine rings is 1. The largest absolute Gasteiger partial charge is 0.494 e. The number of halogens is 2. The molecule has 0 N–H and O–H groups in total. The summed E-state index contributed by atoms with van der Waals surface area (Å²) in [5.74, 6) is 1.64. The van der Waals surface area contributed by atoms with Gasteiger partial charge in [0.05, 0.1) is 7.11 Å². The molecule has 0 bridgehead atoms. The number of aryl methyl sites for hydroxylation is 1. The van der Waals surface area contributed by atoms with E-state index in [0.29, 0.717) is 36.2 Å². The van der Waals surface area contributed by atoms with Gasteiger partial charge in [0.1, 0.15) is 17.1 Å². The third kappa shape index (κ3) is 4.63. The van der Waals surface area contributed by atoms with Gasteiger partial charge >= 0.3 is 0 Å². The highest BCUT2D eigenvalue weighted by molar-refractivity contribution is 6.35. The highest BCUT2D eigenvalue weighted by Crippen LogP contribution is 2.29. The molecule has 0 saturated carbocycles. The fourth-order valence-corrected chi connectivity index (χ4v) is 4.23. The van der Waals surface area contributed by atoms with E-state index < -0.39 is 0 Å². The lowest BCUT2D eigenvalue weighted by molar-refractivity contribution is -0.126. The summed E-state index contributed by atoms with van der Waals surface area (Å²) >= 11 is 12.1. The Balaban J connectivity index is 1.45. The fraction of sp³-hybridized carbons (Fsp3) is 0.250. The molecule has 3 aromatic rings. The first-order valence-corrected chi connectivity index (χ1v) is 10.8. The Morgan fingerprint density at radius 2 is 1.87 bits per heavy atom. The number of hydrogen-bond acceptors (Lipinski definition) is 4. The van der Waals surface area contributed by atoms with Crippen LogP contribution in [0.1, 0.15) is 11.1 Å². The van der Waals surface area contributed by atoms with E-state index in [0.717, 1.165) is 33.6 Å². The first kappa shape index (κ1) is 21.5. The van der Waals surface area contributed by atoms with Crippen LogP contribution >= 0.6 is 23.2 Å². The maximum atomic E-state index is 12.6. The van der Waals surface area contributed by atoms with Crippen LogP contribution in [0.25, 0.3) is 17.0 Å². The molecule has 5 nitrogen and oxygen atoms in total. The number of anilines is 1. The molecule has 1 saturated heterocycles. The topological polar surface area (TPSA) is 45.7 Å². The van der Waals surface area contributed by atoms with E-state index in [1.165, 1.54) is 0 Å². The number of para-hydroxylation sites is 1. The van der Waals surface area contributed by atoms with Gasteiger partial charge < -0.3 is 14.5 Å². The van der Waals surface area contributed by atoms with Crippen molar-refractivity contribution in [2.24, 2.45) is 0 Å². The molecule has 0 unspecified atom stereocenters. The summed E-state index contributed by atoms with van der Waals surface area (Å²) in [4.78, 5) is 21.5. The molecule has 160 valence electrons. The summed E-state index contributed by atoms with van der Waals surface area (Å²) in [6.07, 6.45) is 3.29. The third-order valence-electron chi connectivity index (χ3n) is 5.50. The molecule has 2 heterocycles. The Morgan fingerprint density at radius 3 is 2.58 bits per heavy atom. The van der Waals surface area contributed by atoms with Crippen LogP contribution in [0.2, 0.25) is 10.0 Å². The number of benzene rings is 2. The average molecular weight is 456 g/mol. The van der Waals surface area contributed by atoms with Crippen molar-refractivity contribution in [3.8, 4) is 5.75 Å². The van der Waals surface area contributed by atoms with Gasteiger partial charge in [0, 0.05) is 47.7 Å². The molecule has 0 aliphatic carbocycles. The predicted octanol–water partition coefficient (Wildman–Crippen LogP) is 5.22. The number of methoxy groups -OCH3 is 1. The zero-order valence-corrected chi connectivity index (χ0v) is 19.0. The van der Waals surface area contributed by atoms with Gasteiger partial charge in [-0.25, -0.2) is 4.98 Å². The predicted molar refractivity (Wildman–Crippen MR) is 127 cm³/mol. The van der Waals surface area contributed by atoms with Gasteiger partial charge in [0.15, 0.2) is 0 Å². The first-order chi connectivity index (χ1) is 15.0. The van der Waals surface area contributed by atoms with Crippen molar-refractivity contribution in [1.29, 1.82) is 0 Å². The Morgan fingerprint density at radius 1 is 1.10 bits per heavy atom. The molecule has 1 aromatic heterocycles. The lowest BCUT2D eigenvalue weighted by Gasteiger charge is -2.35. The minimum Gasteiger partial charge on any atom is -0.494 e. The molecule has 0 spiro atoms. The van der Waals surface area contributed by atoms with Crippen LogP contribution in [-0.4, -0.2) is 49.1 Å². The second kappa shape index (κ2) is 9.16. The molecule has 0 radical (unpaired) electrons. The lowest BCUT2D eigenvalue weighted by atomic mass is 10.1. The normalized spacial score (nSPS) is 14.5. The van der Waals surface area contributed by atoms with Crippen LogP contribution in [0.4, 0.5) is 5.82 Å². The van der Waals surface area contributed by atoms with E-state index in [4.69, 9.17) is 32.9 Å². The number of carbonyl (C=O) groups excluding carboxylic acids is 1. The third-order valence-corrected chi connectivity index (χ3v) is 6.06. The average Bonchev–Trinajstić information content (AvgIpc) is 2.78. The number of aromatic nitrogens is 1. The molecule has 1 aliphatic rings. The molecule has 7 heteroatoms. The van der Waals surface area contributed by atoms with E-state index in [-0.39, 0.29) is 5.91 Å². The van der Waals surface area contributed by atoms with Crippen LogP contribution in [0, 0.1) is 6.92 Å². The maximum absolute atomic E-state index is 12.6. The molecule has 1 fully saturated rings. The van der Waals surface area contributed by atoms with Gasteiger partial charge in [-0.3, -0.25) is 4.79 Å². The summed E-state index contributed by atoms with van der Waals surface area (Å²) in [6, 6.07) is 13.3. The smallest absolute Gasteiger partial charge is 0.246 e. The second-order valence-corrected chi connectivity index (χ2v) is 8.31. The standard InChI is InChI=1S/C24H23Cl2N3O2/c1-16-14-22(27-24-19(16)4-3-5-21(24)31-2)28-10-12-29(13-11-28)23(30)9-7-17-6-8-18(25)15-20(17)26/h3-9,14-15H,10-13H2,1-2H3/b9-7+. The van der Waals surface area contributed by atoms with Crippen LogP contribution in [0.15, 0.2) is 48.5 Å². The minimum absolute atomic E-state index is 0.0324. The SMILES string of the molecule is COc1cccc2c(C)cc(N3CCN(C(=O)/C=C/c4ccc(Cl)cc4Cl)CC3)nc12. The van der Waals surface area contributed by atoms with Gasteiger partial charge in [-0.2, -0.15) is 0 Å². The van der Waals surface area contributed by atoms with Crippen molar-refractivity contribution in [3.63, 3.8) is 0 Å². The highest BCUT2D eigenvalue weighted by atomic mass is 35.5. The lowest BCUT2D eigenvalue weighted by Crippen LogP contribution is -2.48. The van der Waals surface area contributed by atoms with E-state index >= 15 is 0 Å². The Labute approximate surface area is 191 Å². The van der Waals surface area contributed by atoms with Crippen LogP contribution in [0.5, 0.6) is 5.75 Å². The van der Waals surface area contributed by atoms with E-state index in [9.17, 15) is 4.79 Å². The molecule has 1 aliphatic heterocycles. The van der Waals surface area contributed by atoms with Crippen LogP contribution in [0.3, 0.4) is 0 Å². The number of nitrogens with zero attached hydrogens (tertiary/aromatic N) is 3. The van der Waals surface area contributed by atoms with Crippen molar-refractivity contribution < 1.29 is 9.53 Å². The van der Waals surface area contributed by atoms with Gasteiger partial charge in [-0.05, 0) is 48.4 Å². The van der Waals surface area contributed by atoms with Crippen LogP contribution < -0.4 is 9.64 Å². The van der Waals surface area contributed by atoms with Crippen LogP contribution in [-0.2, 0) is 4.79 Å². The molecule has 4 rings (SSSR count). The Hall–Kier alpha value is -2.76. The quantitative estimate of drug-likeness (QED) is 0.505. The van der Waals surface area contributed by atoms with Gasteiger partial charge in [0.2, 0.25) is 5.91 Å². The second-order valence-electron chi connectivity index (χ2n) is 7.47. The highest BCUT2D eigenvalue weighted by Gasteiger charge is 2.21. The molecule has 31 heavy (non-hydrogen) atoms. The zero-order valence-electron chi connectivity index (χ0n) is 17.4. The summed E-state index contributed by atoms with van der Waals surface area (Å²) < 4.78 is 5.49. The number of piperazine rings is 1. The van der Waals surface area contributed by atoms with E-state index in [2.05, 4.69) is 24.0 Å². The number of fused-ring (bicyclic) bond motifs is 1. The summed E-state index contributed by atoms with van der Waals surface area (Å²) in [7, 11) is 1.66. The Bertz CT molecular complexity index is 1160. The van der Waals surface area contributed by atoms with E-state index in [1.807, 2.05) is 17.0 Å². The molecule has 2 aromatic carbocycles. The molecule has 1 amide bonds. The summed E-state index contributed by atoms with van der Waals surface area (Å²) in [5.41, 5.74) is 2.78. The Kier molecular flexibility index (Phi) is 6.35. The monoisotopic (exact) mass is 455 g/mol. The number of hydrogen-bond donors (Lipinski definition) is 0. The van der Waals surface area contributed by atoms with Gasteiger partial charge in [0.25, 0.3) is 0 Å². The summed E-state index contributed by atoms with van der Waals surface area (Å²) in [6.45, 7) is 4.77. The van der Waals surface area contributed by atoms with Gasteiger partial charge in [-0.15, -0.1) is 0 Å². The fourth-order valence-electron chi connectivity index (χ4n) is 3.76. The zero-order chi connectivity index (χ0) is 22.0. The molecule has 0 atom stereocenters. The van der Waals surface area contributed by atoms with Crippen molar-refractivity contribution in [2.75, 3.05) is 38.2 Å². The number of rotatable bonds is 4. The summed E-state index contributed by atoms with van der Waals surface area (Å²) in [5, 5.41) is 2.18. The first-order valence-electron chi connectivity index (χ1n) is 10.1. The van der Waals surface area contributed by atoms with E-state index in [1.54, 1.807) is 37.5 Å². The van der Waals surface area contributed by atoms with Crippen molar-refractivity contribution in [2.45, 2.75) is 6.92 Å². The number of amides is 1. The minimum atomic E-state index is -0.0324. The van der Waals surface area contributed by atoms with Crippen molar-refractivity contribution >= 4 is 51.9 Å². The van der Waals surface area contributed by atoms with Crippen molar-refractivity contribution in [3.05, 3.63) is 69.7 Å². The van der Waals surface area contributed by atoms with Gasteiger partial charge in [-0.1, -0.05) is 41.4 Å². The molecular weight excluding hydrogens is 433 g/mol.